The Morgan fingerprint density at radius 3 is 2.73 bits per heavy atom. The maximum atomic E-state index is 5.91. The lowest BCUT2D eigenvalue weighted by atomic mass is 10.2. The predicted molar refractivity (Wildman–Crippen MR) is 85.4 cm³/mol. The van der Waals surface area contributed by atoms with Crippen molar-refractivity contribution >= 4 is 27.9 Å². The van der Waals surface area contributed by atoms with Crippen LogP contribution in [0.2, 0.25) is 5.02 Å². The van der Waals surface area contributed by atoms with Gasteiger partial charge in [-0.1, -0.05) is 35.1 Å². The summed E-state index contributed by atoms with van der Waals surface area (Å²) in [6.45, 7) is 1.90. The summed E-state index contributed by atoms with van der Waals surface area (Å²) in [7, 11) is 0. The molecule has 0 aliphatic carbocycles. The third-order valence-corrected chi connectivity index (χ3v) is 4.55. The Balaban J connectivity index is 1.71. The minimum Gasteiger partial charge on any atom is -0.469 e. The van der Waals surface area contributed by atoms with Crippen molar-refractivity contribution < 1.29 is 4.42 Å². The van der Waals surface area contributed by atoms with Crippen LogP contribution in [-0.2, 0) is 6.42 Å². The van der Waals surface area contributed by atoms with Gasteiger partial charge in [0, 0.05) is 11.4 Å². The molecule has 0 atom stereocenters. The molecule has 0 aliphatic rings. The topological polar surface area (TPSA) is 56.2 Å². The molecule has 0 saturated carbocycles. The van der Waals surface area contributed by atoms with Gasteiger partial charge in [-0.2, -0.15) is 9.61 Å². The minimum atomic E-state index is 0.708. The molecule has 0 fully saturated rings. The molecular formula is C15H11ClN4OS. The number of nitrogens with zero attached hydrogens (tertiary/aromatic N) is 4. The van der Waals surface area contributed by atoms with E-state index in [-0.39, 0.29) is 0 Å². The third kappa shape index (κ3) is 2.30. The van der Waals surface area contributed by atoms with Crippen molar-refractivity contribution in [1.82, 2.24) is 19.8 Å². The van der Waals surface area contributed by atoms with Crippen molar-refractivity contribution in [3.05, 3.63) is 57.9 Å². The second-order valence-electron chi connectivity index (χ2n) is 4.91. The van der Waals surface area contributed by atoms with E-state index >= 15 is 0 Å². The molecule has 4 rings (SSSR count). The highest BCUT2D eigenvalue weighted by Gasteiger charge is 2.16. The molecule has 3 heterocycles. The van der Waals surface area contributed by atoms with E-state index in [1.165, 1.54) is 11.3 Å². The smallest absolute Gasteiger partial charge is 0.234 e. The Morgan fingerprint density at radius 1 is 1.18 bits per heavy atom. The second kappa shape index (κ2) is 5.23. The summed E-state index contributed by atoms with van der Waals surface area (Å²) in [6, 6.07) is 9.66. The molecule has 3 aromatic heterocycles. The first-order chi connectivity index (χ1) is 10.7. The van der Waals surface area contributed by atoms with Gasteiger partial charge in [-0.3, -0.25) is 0 Å². The van der Waals surface area contributed by atoms with Crippen molar-refractivity contribution in [2.24, 2.45) is 0 Å². The zero-order chi connectivity index (χ0) is 15.1. The maximum absolute atomic E-state index is 5.91. The summed E-state index contributed by atoms with van der Waals surface area (Å²) < 4.78 is 7.10. The number of fused-ring (bicyclic) bond motifs is 1. The zero-order valence-corrected chi connectivity index (χ0v) is 13.2. The van der Waals surface area contributed by atoms with Gasteiger partial charge in [0.15, 0.2) is 5.82 Å². The van der Waals surface area contributed by atoms with Gasteiger partial charge >= 0.3 is 0 Å². The van der Waals surface area contributed by atoms with E-state index in [9.17, 15) is 0 Å². The normalized spacial score (nSPS) is 11.4. The highest BCUT2D eigenvalue weighted by atomic mass is 35.5. The van der Waals surface area contributed by atoms with Crippen LogP contribution < -0.4 is 0 Å². The minimum absolute atomic E-state index is 0.708. The summed E-state index contributed by atoms with van der Waals surface area (Å²) in [5.41, 5.74) is 2.08. The highest BCUT2D eigenvalue weighted by Crippen LogP contribution is 2.26. The Hall–Kier alpha value is -2.18. The Bertz CT molecular complexity index is 938. The van der Waals surface area contributed by atoms with Crippen LogP contribution in [0.1, 0.15) is 16.3 Å². The summed E-state index contributed by atoms with van der Waals surface area (Å²) in [5, 5.41) is 14.7. The zero-order valence-electron chi connectivity index (χ0n) is 11.7. The Kier molecular flexibility index (Phi) is 3.20. The van der Waals surface area contributed by atoms with Crippen LogP contribution in [0.15, 0.2) is 41.0 Å². The van der Waals surface area contributed by atoms with Crippen molar-refractivity contribution in [3.8, 4) is 11.4 Å². The molecule has 22 heavy (non-hydrogen) atoms. The molecule has 0 saturated heterocycles. The van der Waals surface area contributed by atoms with Gasteiger partial charge in [0.05, 0.1) is 11.8 Å². The number of benzene rings is 1. The van der Waals surface area contributed by atoms with E-state index in [0.717, 1.165) is 38.3 Å². The number of hydrogen-bond acceptors (Lipinski definition) is 5. The van der Waals surface area contributed by atoms with Gasteiger partial charge in [-0.15, -0.1) is 10.2 Å². The lowest BCUT2D eigenvalue weighted by molar-refractivity contribution is 0.535. The van der Waals surface area contributed by atoms with E-state index in [4.69, 9.17) is 16.0 Å². The standard InChI is InChI=1S/C15H11ClN4OS/c1-9-12(6-7-21-9)14-17-18-15-20(14)19-13(22-15)8-10-2-4-11(16)5-3-10/h2-7H,8H2,1H3. The van der Waals surface area contributed by atoms with Crippen LogP contribution in [0.3, 0.4) is 0 Å². The lowest BCUT2D eigenvalue weighted by Gasteiger charge is -1.97. The maximum Gasteiger partial charge on any atom is 0.234 e. The molecular weight excluding hydrogens is 320 g/mol. The predicted octanol–water partition coefficient (Wildman–Crippen LogP) is 4.00. The molecule has 0 radical (unpaired) electrons. The van der Waals surface area contributed by atoms with Gasteiger partial charge in [0.1, 0.15) is 10.8 Å². The molecule has 4 aromatic rings. The van der Waals surface area contributed by atoms with Gasteiger partial charge in [0.2, 0.25) is 4.96 Å². The fraction of sp³-hybridized carbons (Fsp3) is 0.133. The number of rotatable bonds is 3. The largest absolute Gasteiger partial charge is 0.469 e. The van der Waals surface area contributed by atoms with Gasteiger partial charge in [0.25, 0.3) is 0 Å². The van der Waals surface area contributed by atoms with E-state index in [0.29, 0.717) is 5.82 Å². The average Bonchev–Trinajstić information content (AvgIpc) is 3.17. The summed E-state index contributed by atoms with van der Waals surface area (Å²) >= 11 is 7.44. The van der Waals surface area contributed by atoms with Crippen LogP contribution in [0.25, 0.3) is 16.3 Å². The monoisotopic (exact) mass is 330 g/mol. The SMILES string of the molecule is Cc1occc1-c1nnc2sc(Cc3ccc(Cl)cc3)nn12. The second-order valence-corrected chi connectivity index (χ2v) is 6.38. The molecule has 1 aromatic carbocycles. The molecule has 0 unspecified atom stereocenters. The fourth-order valence-corrected chi connectivity index (χ4v) is 3.28. The molecule has 0 bridgehead atoms. The van der Waals surface area contributed by atoms with Crippen LogP contribution in [-0.4, -0.2) is 19.8 Å². The Labute approximate surface area is 135 Å². The number of hydrogen-bond donors (Lipinski definition) is 0. The van der Waals surface area contributed by atoms with Gasteiger partial charge in [-0.05, 0) is 30.7 Å². The first-order valence-electron chi connectivity index (χ1n) is 6.71. The number of furan rings is 1. The average molecular weight is 331 g/mol. The first kappa shape index (κ1) is 13.5. The molecule has 110 valence electrons. The molecule has 0 spiro atoms. The van der Waals surface area contributed by atoms with Crippen LogP contribution in [0, 0.1) is 6.92 Å². The van der Waals surface area contributed by atoms with Crippen molar-refractivity contribution in [2.45, 2.75) is 13.3 Å². The third-order valence-electron chi connectivity index (χ3n) is 3.40. The van der Waals surface area contributed by atoms with Crippen LogP contribution in [0.5, 0.6) is 0 Å². The molecule has 7 heteroatoms. The molecule has 0 amide bonds. The molecule has 0 N–H and O–H groups in total. The number of halogens is 1. The highest BCUT2D eigenvalue weighted by molar-refractivity contribution is 7.16. The summed E-state index contributed by atoms with van der Waals surface area (Å²) in [4.78, 5) is 0.777. The van der Waals surface area contributed by atoms with Crippen LogP contribution >= 0.6 is 22.9 Å². The first-order valence-corrected chi connectivity index (χ1v) is 7.90. The Morgan fingerprint density at radius 2 is 2.00 bits per heavy atom. The molecule has 0 aliphatic heterocycles. The lowest BCUT2D eigenvalue weighted by Crippen LogP contribution is -1.93. The van der Waals surface area contributed by atoms with Crippen molar-refractivity contribution in [2.75, 3.05) is 0 Å². The van der Waals surface area contributed by atoms with Gasteiger partial charge in [-0.25, -0.2) is 0 Å². The van der Waals surface area contributed by atoms with Crippen molar-refractivity contribution in [3.63, 3.8) is 0 Å². The molecule has 5 nitrogen and oxygen atoms in total. The van der Waals surface area contributed by atoms with Gasteiger partial charge < -0.3 is 4.42 Å². The van der Waals surface area contributed by atoms with Crippen molar-refractivity contribution in [1.29, 1.82) is 0 Å². The number of aryl methyl sites for hydroxylation is 1. The van der Waals surface area contributed by atoms with Crippen LogP contribution in [0.4, 0.5) is 0 Å². The van der Waals surface area contributed by atoms with E-state index < -0.39 is 0 Å². The van der Waals surface area contributed by atoms with E-state index in [2.05, 4.69) is 15.3 Å². The van der Waals surface area contributed by atoms with E-state index in [1.54, 1.807) is 10.8 Å². The van der Waals surface area contributed by atoms with E-state index in [1.807, 2.05) is 37.3 Å². The number of aromatic nitrogens is 4. The fourth-order valence-electron chi connectivity index (χ4n) is 2.29. The quantitative estimate of drug-likeness (QED) is 0.569. The summed E-state index contributed by atoms with van der Waals surface area (Å²) in [6.07, 6.45) is 2.39. The summed E-state index contributed by atoms with van der Waals surface area (Å²) in [5.74, 6) is 1.52.